The van der Waals surface area contributed by atoms with Gasteiger partial charge in [0.25, 0.3) is 0 Å². The zero-order chi connectivity index (χ0) is 14.5. The molecule has 108 valence electrons. The van der Waals surface area contributed by atoms with Gasteiger partial charge in [0.05, 0.1) is 6.61 Å². The van der Waals surface area contributed by atoms with Crippen LogP contribution in [0.2, 0.25) is 0 Å². The zero-order valence-corrected chi connectivity index (χ0v) is 14.1. The Hall–Kier alpha value is -0.680. The van der Waals surface area contributed by atoms with Crippen molar-refractivity contribution in [1.29, 1.82) is 0 Å². The zero-order valence-electron chi connectivity index (χ0n) is 12.5. The maximum atomic E-state index is 5.42. The molecule has 1 aromatic rings. The van der Waals surface area contributed by atoms with Crippen molar-refractivity contribution < 1.29 is 4.74 Å². The number of rotatable bonds is 6. The summed E-state index contributed by atoms with van der Waals surface area (Å²) in [5, 5.41) is 0. The molecule has 0 amide bonds. The first-order chi connectivity index (χ1) is 8.88. The van der Waals surface area contributed by atoms with Gasteiger partial charge in [-0.1, -0.05) is 20.8 Å². The van der Waals surface area contributed by atoms with Crippen molar-refractivity contribution >= 4 is 21.7 Å². The van der Waals surface area contributed by atoms with Gasteiger partial charge in [-0.2, -0.15) is 0 Å². The third kappa shape index (κ3) is 5.07. The molecule has 0 fully saturated rings. The van der Waals surface area contributed by atoms with Crippen molar-refractivity contribution in [3.05, 3.63) is 16.5 Å². The maximum absolute atomic E-state index is 5.42. The summed E-state index contributed by atoms with van der Waals surface area (Å²) in [6, 6.07) is 1.96. The molecule has 0 aliphatic carbocycles. The first-order valence-electron chi connectivity index (χ1n) is 6.76. The summed E-state index contributed by atoms with van der Waals surface area (Å²) < 4.78 is 6.25. The fourth-order valence-electron chi connectivity index (χ4n) is 1.66. The summed E-state index contributed by atoms with van der Waals surface area (Å²) in [7, 11) is 0. The number of anilines is 1. The highest BCUT2D eigenvalue weighted by Crippen LogP contribution is 2.24. The predicted octanol–water partition coefficient (Wildman–Crippen LogP) is 3.40. The van der Waals surface area contributed by atoms with Gasteiger partial charge in [-0.3, -0.25) is 0 Å². The van der Waals surface area contributed by atoms with Crippen LogP contribution < -0.4 is 4.90 Å². The normalized spacial score (nSPS) is 11.7. The molecular weight excluding hydrogens is 306 g/mol. The molecule has 5 heteroatoms. The van der Waals surface area contributed by atoms with Gasteiger partial charge in [0.2, 0.25) is 0 Å². The van der Waals surface area contributed by atoms with Crippen molar-refractivity contribution in [1.82, 2.24) is 9.97 Å². The van der Waals surface area contributed by atoms with Crippen molar-refractivity contribution in [3.63, 3.8) is 0 Å². The average Bonchev–Trinajstić information content (AvgIpc) is 2.33. The lowest BCUT2D eigenvalue weighted by Crippen LogP contribution is -2.29. The summed E-state index contributed by atoms with van der Waals surface area (Å²) in [5.41, 5.74) is -0.0577. The van der Waals surface area contributed by atoms with E-state index in [4.69, 9.17) is 4.74 Å². The summed E-state index contributed by atoms with van der Waals surface area (Å²) in [4.78, 5) is 11.4. The van der Waals surface area contributed by atoms with Gasteiger partial charge in [-0.25, -0.2) is 9.97 Å². The molecule has 0 saturated heterocycles. The smallest absolute Gasteiger partial charge is 0.137 e. The Balaban J connectivity index is 2.94. The molecule has 0 aromatic carbocycles. The van der Waals surface area contributed by atoms with Crippen LogP contribution in [0.15, 0.2) is 10.7 Å². The van der Waals surface area contributed by atoms with Crippen LogP contribution in [0.4, 0.5) is 5.82 Å². The minimum Gasteiger partial charge on any atom is -0.380 e. The minimum atomic E-state index is -0.0577. The Bertz CT molecular complexity index is 404. The van der Waals surface area contributed by atoms with Crippen LogP contribution >= 0.6 is 15.9 Å². The highest BCUT2D eigenvalue weighted by molar-refractivity contribution is 9.10. The highest BCUT2D eigenvalue weighted by atomic mass is 79.9. The molecule has 1 heterocycles. The van der Waals surface area contributed by atoms with E-state index in [-0.39, 0.29) is 5.41 Å². The fraction of sp³-hybridized carbons (Fsp3) is 0.714. The van der Waals surface area contributed by atoms with Gasteiger partial charge in [-0.15, -0.1) is 0 Å². The molecule has 0 aliphatic heterocycles. The Morgan fingerprint density at radius 1 is 1.26 bits per heavy atom. The first-order valence-corrected chi connectivity index (χ1v) is 7.55. The van der Waals surface area contributed by atoms with E-state index in [1.54, 1.807) is 0 Å². The van der Waals surface area contributed by atoms with Gasteiger partial charge < -0.3 is 9.64 Å². The molecule has 0 unspecified atom stereocenters. The van der Waals surface area contributed by atoms with Gasteiger partial charge in [0.1, 0.15) is 16.2 Å². The lowest BCUT2D eigenvalue weighted by Gasteiger charge is -2.24. The standard InChI is InChI=1S/C14H24BrN3O/c1-6-18(8-9-19-7-2)12-10-11(15)16-13(17-12)14(3,4)5/h10H,6-9H2,1-5H3. The van der Waals surface area contributed by atoms with Crippen LogP contribution in [0.1, 0.15) is 40.4 Å². The van der Waals surface area contributed by atoms with Crippen molar-refractivity contribution in [3.8, 4) is 0 Å². The molecule has 4 nitrogen and oxygen atoms in total. The third-order valence-electron chi connectivity index (χ3n) is 2.77. The third-order valence-corrected chi connectivity index (χ3v) is 3.17. The Kier molecular flexibility index (Phi) is 6.20. The van der Waals surface area contributed by atoms with Crippen molar-refractivity contribution in [2.24, 2.45) is 0 Å². The molecule has 0 saturated carbocycles. The number of halogens is 1. The molecule has 1 rings (SSSR count). The van der Waals surface area contributed by atoms with Crippen LogP contribution in [0.5, 0.6) is 0 Å². The number of aromatic nitrogens is 2. The van der Waals surface area contributed by atoms with E-state index >= 15 is 0 Å². The molecule has 0 bridgehead atoms. The van der Waals surface area contributed by atoms with E-state index in [0.717, 1.165) is 42.5 Å². The molecular formula is C14H24BrN3O. The van der Waals surface area contributed by atoms with Crippen LogP contribution in [0.25, 0.3) is 0 Å². The number of hydrogen-bond donors (Lipinski definition) is 0. The molecule has 0 spiro atoms. The van der Waals surface area contributed by atoms with E-state index in [1.165, 1.54) is 0 Å². The van der Waals surface area contributed by atoms with Gasteiger partial charge in [0, 0.05) is 31.2 Å². The van der Waals surface area contributed by atoms with Crippen LogP contribution in [0.3, 0.4) is 0 Å². The van der Waals surface area contributed by atoms with E-state index in [2.05, 4.69) is 58.5 Å². The summed E-state index contributed by atoms with van der Waals surface area (Å²) in [5.74, 6) is 1.81. The number of hydrogen-bond acceptors (Lipinski definition) is 4. The number of nitrogens with zero attached hydrogens (tertiary/aromatic N) is 3. The molecule has 19 heavy (non-hydrogen) atoms. The largest absolute Gasteiger partial charge is 0.380 e. The topological polar surface area (TPSA) is 38.2 Å². The Morgan fingerprint density at radius 3 is 2.47 bits per heavy atom. The van der Waals surface area contributed by atoms with E-state index in [1.807, 2.05) is 13.0 Å². The summed E-state index contributed by atoms with van der Waals surface area (Å²) >= 11 is 3.48. The van der Waals surface area contributed by atoms with E-state index in [0.29, 0.717) is 0 Å². The molecule has 0 aliphatic rings. The van der Waals surface area contributed by atoms with Gasteiger partial charge in [-0.05, 0) is 29.8 Å². The summed E-state index contributed by atoms with van der Waals surface area (Å²) in [6.07, 6.45) is 0. The van der Waals surface area contributed by atoms with E-state index in [9.17, 15) is 0 Å². The lowest BCUT2D eigenvalue weighted by atomic mass is 9.96. The monoisotopic (exact) mass is 329 g/mol. The van der Waals surface area contributed by atoms with E-state index < -0.39 is 0 Å². The molecule has 0 atom stereocenters. The maximum Gasteiger partial charge on any atom is 0.137 e. The molecule has 0 N–H and O–H groups in total. The second-order valence-corrected chi connectivity index (χ2v) is 6.21. The van der Waals surface area contributed by atoms with Crippen LogP contribution in [-0.4, -0.2) is 36.3 Å². The Labute approximate surface area is 124 Å². The first kappa shape index (κ1) is 16.4. The molecule has 0 radical (unpaired) electrons. The highest BCUT2D eigenvalue weighted by Gasteiger charge is 2.20. The Morgan fingerprint density at radius 2 is 1.95 bits per heavy atom. The van der Waals surface area contributed by atoms with Crippen LogP contribution in [0, 0.1) is 0 Å². The second-order valence-electron chi connectivity index (χ2n) is 5.40. The second kappa shape index (κ2) is 7.20. The van der Waals surface area contributed by atoms with Gasteiger partial charge >= 0.3 is 0 Å². The molecule has 1 aromatic heterocycles. The van der Waals surface area contributed by atoms with Crippen LogP contribution in [-0.2, 0) is 10.2 Å². The quantitative estimate of drug-likeness (QED) is 0.592. The van der Waals surface area contributed by atoms with Gasteiger partial charge in [0.15, 0.2) is 0 Å². The predicted molar refractivity (Wildman–Crippen MR) is 82.8 cm³/mol. The minimum absolute atomic E-state index is 0.0577. The SMILES string of the molecule is CCOCCN(CC)c1cc(Br)nc(C(C)(C)C)n1. The number of likely N-dealkylation sites (N-methyl/N-ethyl adjacent to an activating group) is 1. The average molecular weight is 330 g/mol. The lowest BCUT2D eigenvalue weighted by molar-refractivity contribution is 0.154. The van der Waals surface area contributed by atoms with Crippen molar-refractivity contribution in [2.75, 3.05) is 31.2 Å². The fourth-order valence-corrected chi connectivity index (χ4v) is 2.03. The van der Waals surface area contributed by atoms with Crippen molar-refractivity contribution in [2.45, 2.75) is 40.0 Å². The number of ether oxygens (including phenoxy) is 1. The summed E-state index contributed by atoms with van der Waals surface area (Å²) in [6.45, 7) is 13.7.